The Morgan fingerprint density at radius 1 is 1.45 bits per heavy atom. The minimum Gasteiger partial charge on any atom is -0.378 e. The average molecular weight is 297 g/mol. The minimum atomic E-state index is -3.32. The van der Waals surface area contributed by atoms with Crippen molar-refractivity contribution in [2.24, 2.45) is 0 Å². The number of hydrogen-bond acceptors (Lipinski definition) is 6. The molecular formula is C12H15N3O4S. The molecule has 0 heterocycles. The summed E-state index contributed by atoms with van der Waals surface area (Å²) in [7, 11) is -3.32. The summed E-state index contributed by atoms with van der Waals surface area (Å²) in [6.07, 6.45) is 1.11. The van der Waals surface area contributed by atoms with E-state index in [1.807, 2.05) is 6.07 Å². The van der Waals surface area contributed by atoms with Crippen molar-refractivity contribution in [3.05, 3.63) is 33.9 Å². The number of nitrogens with zero attached hydrogens (tertiary/aromatic N) is 2. The van der Waals surface area contributed by atoms with E-state index in [2.05, 4.69) is 5.32 Å². The van der Waals surface area contributed by atoms with Gasteiger partial charge in [0.25, 0.3) is 5.69 Å². The topological polar surface area (TPSA) is 113 Å². The number of anilines is 1. The van der Waals surface area contributed by atoms with Gasteiger partial charge in [-0.3, -0.25) is 10.1 Å². The van der Waals surface area contributed by atoms with Gasteiger partial charge in [-0.05, 0) is 26.0 Å². The van der Waals surface area contributed by atoms with Crippen molar-refractivity contribution in [1.82, 2.24) is 0 Å². The predicted octanol–water partition coefficient (Wildman–Crippen LogP) is 1.70. The van der Waals surface area contributed by atoms with Crippen LogP contribution in [0.25, 0.3) is 0 Å². The largest absolute Gasteiger partial charge is 0.378 e. The van der Waals surface area contributed by atoms with Crippen LogP contribution in [0.15, 0.2) is 18.2 Å². The van der Waals surface area contributed by atoms with E-state index >= 15 is 0 Å². The molecule has 1 aromatic carbocycles. The highest BCUT2D eigenvalue weighted by Crippen LogP contribution is 2.26. The first-order valence-electron chi connectivity index (χ1n) is 5.70. The van der Waals surface area contributed by atoms with Gasteiger partial charge in [-0.1, -0.05) is 0 Å². The third-order valence-electron chi connectivity index (χ3n) is 3.03. The van der Waals surface area contributed by atoms with Crippen LogP contribution in [0.1, 0.15) is 19.4 Å². The van der Waals surface area contributed by atoms with Gasteiger partial charge in [0, 0.05) is 18.9 Å². The fourth-order valence-electron chi connectivity index (χ4n) is 1.35. The Bertz CT molecular complexity index is 674. The monoisotopic (exact) mass is 297 g/mol. The van der Waals surface area contributed by atoms with Gasteiger partial charge in [0.15, 0.2) is 9.84 Å². The lowest BCUT2D eigenvalue weighted by Gasteiger charge is -2.23. The summed E-state index contributed by atoms with van der Waals surface area (Å²) in [5.74, 6) is 0. The Kier molecular flexibility index (Phi) is 4.35. The van der Waals surface area contributed by atoms with E-state index in [0.29, 0.717) is 0 Å². The molecule has 0 saturated carbocycles. The second-order valence-corrected chi connectivity index (χ2v) is 7.64. The number of nitriles is 1. The van der Waals surface area contributed by atoms with Gasteiger partial charge in [0.05, 0.1) is 21.3 Å². The fraction of sp³-hybridized carbons (Fsp3) is 0.417. The minimum absolute atomic E-state index is 0.00154. The van der Waals surface area contributed by atoms with E-state index in [1.54, 1.807) is 0 Å². The summed E-state index contributed by atoms with van der Waals surface area (Å²) >= 11 is 0. The maximum absolute atomic E-state index is 11.6. The highest BCUT2D eigenvalue weighted by Gasteiger charge is 2.30. The van der Waals surface area contributed by atoms with Gasteiger partial charge in [-0.25, -0.2) is 8.42 Å². The number of nitro benzene ring substituents is 1. The zero-order valence-corrected chi connectivity index (χ0v) is 12.2. The molecule has 0 radical (unpaired) electrons. The molecule has 0 aliphatic heterocycles. The summed E-state index contributed by atoms with van der Waals surface area (Å²) in [5, 5.41) is 22.5. The van der Waals surface area contributed by atoms with Gasteiger partial charge in [-0.2, -0.15) is 5.26 Å². The maximum atomic E-state index is 11.6. The summed E-state index contributed by atoms with van der Waals surface area (Å²) in [6, 6.07) is 5.76. The summed E-state index contributed by atoms with van der Waals surface area (Å²) < 4.78 is 22.1. The molecule has 1 N–H and O–H groups in total. The van der Waals surface area contributed by atoms with Crippen LogP contribution in [-0.4, -0.2) is 30.9 Å². The van der Waals surface area contributed by atoms with Gasteiger partial charge >= 0.3 is 0 Å². The van der Waals surface area contributed by atoms with Crippen molar-refractivity contribution in [2.45, 2.75) is 18.6 Å². The van der Waals surface area contributed by atoms with E-state index in [1.165, 1.54) is 32.0 Å². The number of sulfone groups is 1. The Morgan fingerprint density at radius 3 is 2.50 bits per heavy atom. The van der Waals surface area contributed by atoms with Crippen molar-refractivity contribution >= 4 is 21.2 Å². The molecule has 0 aliphatic carbocycles. The van der Waals surface area contributed by atoms with Crippen LogP contribution in [-0.2, 0) is 9.84 Å². The van der Waals surface area contributed by atoms with Crippen LogP contribution in [0.3, 0.4) is 0 Å². The molecule has 0 bridgehead atoms. The first-order valence-corrected chi connectivity index (χ1v) is 7.59. The first kappa shape index (κ1) is 15.9. The van der Waals surface area contributed by atoms with E-state index in [9.17, 15) is 18.5 Å². The van der Waals surface area contributed by atoms with Crippen molar-refractivity contribution in [2.75, 3.05) is 18.1 Å². The lowest BCUT2D eigenvalue weighted by Crippen LogP contribution is -2.38. The number of nitro groups is 1. The third kappa shape index (κ3) is 3.45. The van der Waals surface area contributed by atoms with Gasteiger partial charge in [0.1, 0.15) is 5.69 Å². The Balaban J connectivity index is 3.09. The molecule has 1 aromatic rings. The molecule has 0 fully saturated rings. The van der Waals surface area contributed by atoms with Gasteiger partial charge < -0.3 is 5.32 Å². The van der Waals surface area contributed by atoms with Crippen LogP contribution < -0.4 is 5.32 Å². The second-order valence-electron chi connectivity index (χ2n) is 4.99. The molecule has 0 aromatic heterocycles. The molecule has 7 nitrogen and oxygen atoms in total. The van der Waals surface area contributed by atoms with Crippen LogP contribution in [0.4, 0.5) is 11.4 Å². The van der Waals surface area contributed by atoms with Crippen molar-refractivity contribution in [3.8, 4) is 6.07 Å². The van der Waals surface area contributed by atoms with E-state index < -0.39 is 19.5 Å². The first-order chi connectivity index (χ1) is 9.08. The Hall–Kier alpha value is -2.14. The lowest BCUT2D eigenvalue weighted by atomic mass is 10.1. The molecule has 0 unspecified atom stereocenters. The summed E-state index contributed by atoms with van der Waals surface area (Å²) in [5.41, 5.74) is 0.189. The number of benzene rings is 1. The number of rotatable bonds is 5. The van der Waals surface area contributed by atoms with Crippen molar-refractivity contribution in [3.63, 3.8) is 0 Å². The zero-order valence-electron chi connectivity index (χ0n) is 11.4. The molecule has 0 saturated heterocycles. The lowest BCUT2D eigenvalue weighted by molar-refractivity contribution is -0.384. The molecular weight excluding hydrogens is 282 g/mol. The quantitative estimate of drug-likeness (QED) is 0.653. The molecule has 8 heteroatoms. The molecule has 0 atom stereocenters. The second kappa shape index (κ2) is 5.46. The predicted molar refractivity (Wildman–Crippen MR) is 75.2 cm³/mol. The third-order valence-corrected chi connectivity index (χ3v) is 5.18. The standard InChI is InChI=1S/C12H15N3O4S/c1-12(2,20(3,18)19)8-14-10-6-9(7-13)4-5-11(10)15(16)17/h4-6,14H,8H2,1-3H3. The average Bonchev–Trinajstić information content (AvgIpc) is 2.34. The van der Waals surface area contributed by atoms with Crippen LogP contribution in [0.2, 0.25) is 0 Å². The zero-order chi connectivity index (χ0) is 15.6. The highest BCUT2D eigenvalue weighted by atomic mass is 32.2. The molecule has 20 heavy (non-hydrogen) atoms. The maximum Gasteiger partial charge on any atom is 0.292 e. The van der Waals surface area contributed by atoms with Crippen LogP contribution in [0, 0.1) is 21.4 Å². The molecule has 1 rings (SSSR count). The van der Waals surface area contributed by atoms with Crippen LogP contribution in [0.5, 0.6) is 0 Å². The summed E-state index contributed by atoms with van der Waals surface area (Å²) in [4.78, 5) is 10.3. The molecule has 0 amide bonds. The number of hydrogen-bond donors (Lipinski definition) is 1. The SMILES string of the molecule is CC(C)(CNc1cc(C#N)ccc1[N+](=O)[O-])S(C)(=O)=O. The van der Waals surface area contributed by atoms with Gasteiger partial charge in [0.2, 0.25) is 0 Å². The highest BCUT2D eigenvalue weighted by molar-refractivity contribution is 7.92. The van der Waals surface area contributed by atoms with E-state index in [4.69, 9.17) is 5.26 Å². The van der Waals surface area contributed by atoms with Crippen molar-refractivity contribution < 1.29 is 13.3 Å². The Morgan fingerprint density at radius 2 is 2.05 bits per heavy atom. The fourth-order valence-corrected chi connectivity index (χ4v) is 1.68. The normalized spacial score (nSPS) is 11.7. The summed E-state index contributed by atoms with van der Waals surface area (Å²) in [6.45, 7) is 3.05. The van der Waals surface area contributed by atoms with E-state index in [0.717, 1.165) is 6.26 Å². The van der Waals surface area contributed by atoms with Crippen molar-refractivity contribution in [1.29, 1.82) is 5.26 Å². The van der Waals surface area contributed by atoms with Gasteiger partial charge in [-0.15, -0.1) is 0 Å². The molecule has 108 valence electrons. The smallest absolute Gasteiger partial charge is 0.292 e. The molecule has 0 aliphatic rings. The number of nitrogens with one attached hydrogen (secondary N) is 1. The van der Waals surface area contributed by atoms with Crippen LogP contribution >= 0.6 is 0 Å². The Labute approximate surface area is 117 Å². The van der Waals surface area contributed by atoms with E-state index in [-0.39, 0.29) is 23.5 Å². The molecule has 0 spiro atoms.